The van der Waals surface area contributed by atoms with Crippen molar-refractivity contribution in [3.8, 4) is 44.9 Å². The zero-order valence-electron chi connectivity index (χ0n) is 24.3. The van der Waals surface area contributed by atoms with Gasteiger partial charge in [-0.15, -0.1) is 0 Å². The van der Waals surface area contributed by atoms with E-state index >= 15 is 0 Å². The molecule has 0 N–H and O–H groups in total. The molecule has 0 atom stereocenters. The molecule has 0 saturated heterocycles. The van der Waals surface area contributed by atoms with Crippen LogP contribution in [0.4, 0.5) is 0 Å². The van der Waals surface area contributed by atoms with E-state index in [1.165, 1.54) is 11.1 Å². The van der Waals surface area contributed by atoms with Gasteiger partial charge in [-0.05, 0) is 62.0 Å². The minimum Gasteiger partial charge on any atom is -0.438 e. The lowest BCUT2D eigenvalue weighted by atomic mass is 9.96. The molecule has 0 spiro atoms. The third-order valence-corrected chi connectivity index (χ3v) is 8.69. The third kappa shape index (κ3) is 4.29. The molecule has 0 aliphatic carbocycles. The zero-order chi connectivity index (χ0) is 29.7. The molecule has 0 unspecified atom stereocenters. The van der Waals surface area contributed by atoms with Crippen LogP contribution in [0.3, 0.4) is 0 Å². The summed E-state index contributed by atoms with van der Waals surface area (Å²) in [6.45, 7) is 0. The molecule has 9 aromatic rings. The number of rotatable bonds is 4. The summed E-state index contributed by atoms with van der Waals surface area (Å²) in [4.78, 5) is 10.4. The number of furan rings is 1. The van der Waals surface area contributed by atoms with E-state index in [0.29, 0.717) is 11.5 Å². The SMILES string of the molecule is c1ccc(-c2cccc(-c3cccc(-c4nc(-c5cccc6ccccc56)nc5oc6ccc7ccccc7c6c45)c3)c2)cc1. The molecular formula is C42H26N2O. The number of nitrogens with zero attached hydrogens (tertiary/aromatic N) is 2. The van der Waals surface area contributed by atoms with Crippen molar-refractivity contribution in [3.63, 3.8) is 0 Å². The van der Waals surface area contributed by atoms with Crippen LogP contribution in [0.25, 0.3) is 88.5 Å². The van der Waals surface area contributed by atoms with Crippen LogP contribution >= 0.6 is 0 Å². The van der Waals surface area contributed by atoms with Gasteiger partial charge in [0, 0.05) is 16.5 Å². The molecule has 0 bridgehead atoms. The number of hydrogen-bond acceptors (Lipinski definition) is 3. The Balaban J connectivity index is 1.31. The fraction of sp³-hybridized carbons (Fsp3) is 0. The second-order valence-corrected chi connectivity index (χ2v) is 11.4. The molecule has 0 aliphatic rings. The number of hydrogen-bond donors (Lipinski definition) is 0. The van der Waals surface area contributed by atoms with E-state index in [2.05, 4.69) is 152 Å². The van der Waals surface area contributed by atoms with E-state index in [4.69, 9.17) is 14.4 Å². The highest BCUT2D eigenvalue weighted by molar-refractivity contribution is 6.21. The Morgan fingerprint density at radius 1 is 0.400 bits per heavy atom. The fourth-order valence-corrected chi connectivity index (χ4v) is 6.54. The van der Waals surface area contributed by atoms with E-state index in [9.17, 15) is 0 Å². The minimum absolute atomic E-state index is 0.589. The van der Waals surface area contributed by atoms with Gasteiger partial charge in [0.1, 0.15) is 5.58 Å². The normalized spacial score (nSPS) is 11.6. The first kappa shape index (κ1) is 25.4. The molecule has 0 amide bonds. The molecule has 2 heterocycles. The van der Waals surface area contributed by atoms with Gasteiger partial charge in [0.25, 0.3) is 0 Å². The topological polar surface area (TPSA) is 38.9 Å². The van der Waals surface area contributed by atoms with Crippen molar-refractivity contribution in [1.82, 2.24) is 9.97 Å². The van der Waals surface area contributed by atoms with Crippen molar-refractivity contribution in [1.29, 1.82) is 0 Å². The van der Waals surface area contributed by atoms with Crippen LogP contribution in [0.1, 0.15) is 0 Å². The van der Waals surface area contributed by atoms with Crippen molar-refractivity contribution in [2.24, 2.45) is 0 Å². The summed E-state index contributed by atoms with van der Waals surface area (Å²) in [6, 6.07) is 55.1. The van der Waals surface area contributed by atoms with Crippen molar-refractivity contribution in [2.75, 3.05) is 0 Å². The van der Waals surface area contributed by atoms with E-state index < -0.39 is 0 Å². The van der Waals surface area contributed by atoms with Gasteiger partial charge in [0.15, 0.2) is 5.82 Å². The van der Waals surface area contributed by atoms with Crippen molar-refractivity contribution in [2.45, 2.75) is 0 Å². The highest BCUT2D eigenvalue weighted by Gasteiger charge is 2.21. The van der Waals surface area contributed by atoms with Crippen LogP contribution < -0.4 is 0 Å². The Morgan fingerprint density at radius 3 is 1.78 bits per heavy atom. The molecule has 7 aromatic carbocycles. The second-order valence-electron chi connectivity index (χ2n) is 11.4. The van der Waals surface area contributed by atoms with Gasteiger partial charge in [0.2, 0.25) is 5.71 Å². The summed E-state index contributed by atoms with van der Waals surface area (Å²) < 4.78 is 6.53. The molecule has 0 aliphatic heterocycles. The largest absolute Gasteiger partial charge is 0.438 e. The lowest BCUT2D eigenvalue weighted by molar-refractivity contribution is 0.654. The average Bonchev–Trinajstić information content (AvgIpc) is 3.51. The molecule has 3 nitrogen and oxygen atoms in total. The third-order valence-electron chi connectivity index (χ3n) is 8.69. The van der Waals surface area contributed by atoms with Gasteiger partial charge in [0.05, 0.1) is 11.1 Å². The van der Waals surface area contributed by atoms with Gasteiger partial charge in [-0.3, -0.25) is 0 Å². The quantitative estimate of drug-likeness (QED) is 0.210. The zero-order valence-corrected chi connectivity index (χ0v) is 24.3. The highest BCUT2D eigenvalue weighted by Crippen LogP contribution is 2.41. The summed E-state index contributed by atoms with van der Waals surface area (Å²) in [5.41, 5.74) is 8.92. The van der Waals surface area contributed by atoms with E-state index in [1.54, 1.807) is 0 Å². The Labute approximate surface area is 260 Å². The summed E-state index contributed by atoms with van der Waals surface area (Å²) >= 11 is 0. The van der Waals surface area contributed by atoms with Crippen LogP contribution in [-0.2, 0) is 0 Å². The summed E-state index contributed by atoms with van der Waals surface area (Å²) in [5.74, 6) is 0.647. The predicted molar refractivity (Wildman–Crippen MR) is 186 cm³/mol. The number of fused-ring (bicyclic) bond motifs is 6. The lowest BCUT2D eigenvalue weighted by Crippen LogP contribution is -1.95. The lowest BCUT2D eigenvalue weighted by Gasteiger charge is -2.11. The first-order valence-electron chi connectivity index (χ1n) is 15.2. The molecule has 0 saturated carbocycles. The van der Waals surface area contributed by atoms with Crippen LogP contribution in [0.2, 0.25) is 0 Å². The molecule has 0 fully saturated rings. The minimum atomic E-state index is 0.589. The first-order chi connectivity index (χ1) is 22.3. The molecule has 3 heteroatoms. The van der Waals surface area contributed by atoms with Gasteiger partial charge in [-0.25, -0.2) is 4.98 Å². The van der Waals surface area contributed by atoms with Crippen molar-refractivity contribution >= 4 is 43.6 Å². The van der Waals surface area contributed by atoms with Crippen LogP contribution in [-0.4, -0.2) is 9.97 Å². The Hall–Kier alpha value is -6.06. The van der Waals surface area contributed by atoms with Crippen LogP contribution in [0.5, 0.6) is 0 Å². The smallest absolute Gasteiger partial charge is 0.231 e. The Bertz CT molecular complexity index is 2540. The molecule has 0 radical (unpaired) electrons. The van der Waals surface area contributed by atoms with E-state index in [0.717, 1.165) is 65.8 Å². The van der Waals surface area contributed by atoms with Crippen LogP contribution in [0.15, 0.2) is 162 Å². The molecule has 2 aromatic heterocycles. The van der Waals surface area contributed by atoms with Crippen molar-refractivity contribution < 1.29 is 4.42 Å². The predicted octanol–water partition coefficient (Wildman–Crippen LogP) is 11.4. The average molecular weight is 575 g/mol. The van der Waals surface area contributed by atoms with Gasteiger partial charge < -0.3 is 4.42 Å². The van der Waals surface area contributed by atoms with Crippen LogP contribution in [0, 0.1) is 0 Å². The maximum atomic E-state index is 6.53. The standard InChI is InChI=1S/C42H26N2O/c1-2-11-27(12-3-1)30-16-8-17-31(25-30)32-18-9-19-33(26-32)40-39-38-35-21-7-5-14-29(35)23-24-37(38)45-42(39)44-41(43-40)36-22-10-15-28-13-4-6-20-34(28)36/h1-26H. The molecular weight excluding hydrogens is 548 g/mol. The number of benzene rings is 7. The van der Waals surface area contributed by atoms with Crippen molar-refractivity contribution in [3.05, 3.63) is 158 Å². The van der Waals surface area contributed by atoms with E-state index in [-0.39, 0.29) is 0 Å². The molecule has 210 valence electrons. The Morgan fingerprint density at radius 2 is 0.978 bits per heavy atom. The van der Waals surface area contributed by atoms with Gasteiger partial charge in [-0.1, -0.05) is 140 Å². The Kier molecular flexibility index (Phi) is 5.82. The summed E-state index contributed by atoms with van der Waals surface area (Å²) in [5, 5.41) is 6.51. The highest BCUT2D eigenvalue weighted by atomic mass is 16.3. The second kappa shape index (κ2) is 10.3. The number of aromatic nitrogens is 2. The fourth-order valence-electron chi connectivity index (χ4n) is 6.54. The molecule has 45 heavy (non-hydrogen) atoms. The monoisotopic (exact) mass is 574 g/mol. The first-order valence-corrected chi connectivity index (χ1v) is 15.2. The molecule has 9 rings (SSSR count). The maximum Gasteiger partial charge on any atom is 0.231 e. The summed E-state index contributed by atoms with van der Waals surface area (Å²) in [7, 11) is 0. The van der Waals surface area contributed by atoms with E-state index in [1.807, 2.05) is 6.07 Å². The van der Waals surface area contributed by atoms with Gasteiger partial charge >= 0.3 is 0 Å². The maximum absolute atomic E-state index is 6.53. The van der Waals surface area contributed by atoms with Gasteiger partial charge in [-0.2, -0.15) is 4.98 Å². The summed E-state index contributed by atoms with van der Waals surface area (Å²) in [6.07, 6.45) is 0.